The van der Waals surface area contributed by atoms with Crippen molar-refractivity contribution in [2.24, 2.45) is 0 Å². The molecule has 4 nitrogen and oxygen atoms in total. The van der Waals surface area contributed by atoms with E-state index in [2.05, 4.69) is 10.2 Å². The molecule has 0 atom stereocenters. The van der Waals surface area contributed by atoms with E-state index in [0.29, 0.717) is 11.9 Å². The highest BCUT2D eigenvalue weighted by Crippen LogP contribution is 2.17. The number of carbonyl (C=O) groups excluding carboxylic acids is 1. The molecular formula is C13H25Cl2N3O. The molecule has 0 aromatic rings. The lowest BCUT2D eigenvalue weighted by Crippen LogP contribution is -2.53. The van der Waals surface area contributed by atoms with Gasteiger partial charge < -0.3 is 10.2 Å². The summed E-state index contributed by atoms with van der Waals surface area (Å²) in [5.41, 5.74) is 0. The first-order valence-electron chi connectivity index (χ1n) is 7.13. The number of urea groups is 1. The Morgan fingerprint density at radius 3 is 2.32 bits per heavy atom. The quantitative estimate of drug-likeness (QED) is 0.812. The highest BCUT2D eigenvalue weighted by molar-refractivity contribution is 6.18. The van der Waals surface area contributed by atoms with Crippen molar-refractivity contribution in [3.63, 3.8) is 0 Å². The second kappa shape index (κ2) is 8.88. The third-order valence-corrected chi connectivity index (χ3v) is 4.16. The zero-order valence-corrected chi connectivity index (χ0v) is 13.0. The summed E-state index contributed by atoms with van der Waals surface area (Å²) in [6.07, 6.45) is 6.14. The summed E-state index contributed by atoms with van der Waals surface area (Å²) >= 11 is 5.73. The molecule has 1 saturated heterocycles. The van der Waals surface area contributed by atoms with Crippen LogP contribution in [0.2, 0.25) is 0 Å². The van der Waals surface area contributed by atoms with Crippen LogP contribution < -0.4 is 5.32 Å². The van der Waals surface area contributed by atoms with Crippen LogP contribution in [-0.4, -0.2) is 60.5 Å². The monoisotopic (exact) mass is 309 g/mol. The molecule has 2 fully saturated rings. The minimum absolute atomic E-state index is 0. The minimum Gasteiger partial charge on any atom is -0.335 e. The Hall–Kier alpha value is -0.190. The Morgan fingerprint density at radius 1 is 1.11 bits per heavy atom. The number of alkyl halides is 1. The van der Waals surface area contributed by atoms with Crippen LogP contribution in [0.15, 0.2) is 0 Å². The highest BCUT2D eigenvalue weighted by atomic mass is 35.5. The van der Waals surface area contributed by atoms with Crippen molar-refractivity contribution < 1.29 is 4.79 Å². The molecule has 112 valence electrons. The van der Waals surface area contributed by atoms with Gasteiger partial charge in [0.1, 0.15) is 0 Å². The summed E-state index contributed by atoms with van der Waals surface area (Å²) < 4.78 is 0. The van der Waals surface area contributed by atoms with E-state index in [1.165, 1.54) is 19.3 Å². The van der Waals surface area contributed by atoms with E-state index in [0.717, 1.165) is 45.6 Å². The molecule has 0 aromatic carbocycles. The average molecular weight is 310 g/mol. The first-order valence-corrected chi connectivity index (χ1v) is 7.67. The Balaban J connectivity index is 0.00000180. The van der Waals surface area contributed by atoms with Gasteiger partial charge in [-0.25, -0.2) is 4.79 Å². The molecule has 2 rings (SSSR count). The van der Waals surface area contributed by atoms with Crippen molar-refractivity contribution in [3.8, 4) is 0 Å². The SMILES string of the molecule is Cl.O=C(NC1CCCCC1)N1CCN(CCCl)CC1. The Morgan fingerprint density at radius 2 is 1.74 bits per heavy atom. The van der Waals surface area contributed by atoms with Gasteiger partial charge in [0.05, 0.1) is 0 Å². The minimum atomic E-state index is 0. The largest absolute Gasteiger partial charge is 0.335 e. The second-order valence-electron chi connectivity index (χ2n) is 5.30. The molecule has 0 bridgehead atoms. The standard InChI is InChI=1S/C13H24ClN3O.ClH/c14-6-7-16-8-10-17(11-9-16)13(18)15-12-4-2-1-3-5-12;/h12H,1-11H2,(H,15,18);1H. The first-order chi connectivity index (χ1) is 8.79. The molecule has 1 heterocycles. The molecule has 1 aliphatic heterocycles. The van der Waals surface area contributed by atoms with Crippen LogP contribution in [0.4, 0.5) is 4.79 Å². The molecule has 2 amide bonds. The van der Waals surface area contributed by atoms with Crippen molar-refractivity contribution in [1.82, 2.24) is 15.1 Å². The van der Waals surface area contributed by atoms with E-state index >= 15 is 0 Å². The van der Waals surface area contributed by atoms with Crippen molar-refractivity contribution in [3.05, 3.63) is 0 Å². The fraction of sp³-hybridized carbons (Fsp3) is 0.923. The van der Waals surface area contributed by atoms with Gasteiger partial charge in [-0.3, -0.25) is 4.90 Å². The van der Waals surface area contributed by atoms with E-state index in [-0.39, 0.29) is 18.4 Å². The Kier molecular flexibility index (Phi) is 7.88. The smallest absolute Gasteiger partial charge is 0.317 e. The summed E-state index contributed by atoms with van der Waals surface area (Å²) in [4.78, 5) is 16.4. The summed E-state index contributed by atoms with van der Waals surface area (Å²) in [6.45, 7) is 4.49. The number of piperazine rings is 1. The molecule has 2 aliphatic rings. The topological polar surface area (TPSA) is 35.6 Å². The summed E-state index contributed by atoms with van der Waals surface area (Å²) in [7, 11) is 0. The van der Waals surface area contributed by atoms with Gasteiger partial charge >= 0.3 is 6.03 Å². The predicted molar refractivity (Wildman–Crippen MR) is 81.4 cm³/mol. The number of carbonyl (C=O) groups is 1. The van der Waals surface area contributed by atoms with Crippen LogP contribution in [0, 0.1) is 0 Å². The van der Waals surface area contributed by atoms with Crippen LogP contribution in [0.3, 0.4) is 0 Å². The van der Waals surface area contributed by atoms with Gasteiger partial charge in [-0.05, 0) is 12.8 Å². The lowest BCUT2D eigenvalue weighted by molar-refractivity contribution is 0.139. The van der Waals surface area contributed by atoms with Gasteiger partial charge in [-0.1, -0.05) is 19.3 Å². The number of nitrogens with zero attached hydrogens (tertiary/aromatic N) is 2. The van der Waals surface area contributed by atoms with E-state index in [4.69, 9.17) is 11.6 Å². The molecule has 1 saturated carbocycles. The van der Waals surface area contributed by atoms with Gasteiger partial charge in [0.2, 0.25) is 0 Å². The molecule has 0 spiro atoms. The van der Waals surface area contributed by atoms with E-state index in [1.807, 2.05) is 4.90 Å². The van der Waals surface area contributed by atoms with E-state index < -0.39 is 0 Å². The number of nitrogens with one attached hydrogen (secondary N) is 1. The number of hydrogen-bond acceptors (Lipinski definition) is 2. The maximum absolute atomic E-state index is 12.1. The molecule has 0 radical (unpaired) electrons. The number of halogens is 2. The second-order valence-corrected chi connectivity index (χ2v) is 5.68. The Bertz CT molecular complexity index is 265. The van der Waals surface area contributed by atoms with Crippen molar-refractivity contribution in [2.75, 3.05) is 38.6 Å². The number of hydrogen-bond donors (Lipinski definition) is 1. The molecular weight excluding hydrogens is 285 g/mol. The fourth-order valence-corrected chi connectivity index (χ4v) is 3.05. The lowest BCUT2D eigenvalue weighted by Gasteiger charge is -2.35. The van der Waals surface area contributed by atoms with Crippen molar-refractivity contribution >= 4 is 30.0 Å². The first kappa shape index (κ1) is 16.9. The van der Waals surface area contributed by atoms with Crippen LogP contribution in [0.1, 0.15) is 32.1 Å². The van der Waals surface area contributed by atoms with E-state index in [9.17, 15) is 4.79 Å². The number of rotatable bonds is 3. The third kappa shape index (κ3) is 5.36. The summed E-state index contributed by atoms with van der Waals surface area (Å²) in [5.74, 6) is 0.675. The van der Waals surface area contributed by atoms with Crippen LogP contribution in [0.5, 0.6) is 0 Å². The maximum Gasteiger partial charge on any atom is 0.317 e. The van der Waals surface area contributed by atoms with Crippen LogP contribution in [-0.2, 0) is 0 Å². The van der Waals surface area contributed by atoms with Gasteiger partial charge in [0, 0.05) is 44.6 Å². The van der Waals surface area contributed by atoms with Gasteiger partial charge in [0.15, 0.2) is 0 Å². The van der Waals surface area contributed by atoms with Crippen LogP contribution >= 0.6 is 24.0 Å². The van der Waals surface area contributed by atoms with Crippen LogP contribution in [0.25, 0.3) is 0 Å². The van der Waals surface area contributed by atoms with Crippen molar-refractivity contribution in [2.45, 2.75) is 38.1 Å². The van der Waals surface area contributed by atoms with E-state index in [1.54, 1.807) is 0 Å². The molecule has 1 N–H and O–H groups in total. The Labute approximate surface area is 127 Å². The fourth-order valence-electron chi connectivity index (χ4n) is 2.81. The summed E-state index contributed by atoms with van der Waals surface area (Å²) in [5, 5.41) is 3.18. The molecule has 0 unspecified atom stereocenters. The third-order valence-electron chi connectivity index (χ3n) is 3.99. The van der Waals surface area contributed by atoms with Gasteiger partial charge in [0.25, 0.3) is 0 Å². The highest BCUT2D eigenvalue weighted by Gasteiger charge is 2.23. The lowest BCUT2D eigenvalue weighted by atomic mass is 9.96. The van der Waals surface area contributed by atoms with Gasteiger partial charge in [-0.15, -0.1) is 24.0 Å². The normalized spacial score (nSPS) is 21.8. The van der Waals surface area contributed by atoms with Crippen molar-refractivity contribution in [1.29, 1.82) is 0 Å². The number of amides is 2. The summed E-state index contributed by atoms with van der Waals surface area (Å²) in [6, 6.07) is 0.541. The zero-order chi connectivity index (χ0) is 12.8. The predicted octanol–water partition coefficient (Wildman–Crippen LogP) is 2.31. The average Bonchev–Trinajstić information content (AvgIpc) is 2.41. The molecule has 1 aliphatic carbocycles. The zero-order valence-electron chi connectivity index (χ0n) is 11.4. The maximum atomic E-state index is 12.1. The van der Waals surface area contributed by atoms with Gasteiger partial charge in [-0.2, -0.15) is 0 Å². The molecule has 0 aromatic heterocycles. The molecule has 19 heavy (non-hydrogen) atoms. The molecule has 6 heteroatoms.